The van der Waals surface area contributed by atoms with Crippen LogP contribution >= 0.6 is 0 Å². The molecule has 0 aliphatic rings. The molecule has 0 spiro atoms. The lowest BCUT2D eigenvalue weighted by Gasteiger charge is -2.11. The molecule has 0 bridgehead atoms. The lowest BCUT2D eigenvalue weighted by atomic mass is 10.4. The molecule has 0 aromatic rings. The average molecular weight is 207 g/mol. The highest BCUT2D eigenvalue weighted by Gasteiger charge is 2.02. The van der Waals surface area contributed by atoms with E-state index < -0.39 is 6.10 Å². The van der Waals surface area contributed by atoms with Crippen LogP contribution in [-0.2, 0) is 14.2 Å². The molecule has 2 N–H and O–H groups in total. The number of aliphatic hydroxyl groups is 1. The summed E-state index contributed by atoms with van der Waals surface area (Å²) in [5.41, 5.74) is 0. The first-order valence-electron chi connectivity index (χ1n) is 4.75. The van der Waals surface area contributed by atoms with E-state index in [-0.39, 0.29) is 0 Å². The molecule has 0 aliphatic heterocycles. The highest BCUT2D eigenvalue weighted by molar-refractivity contribution is 4.57. The van der Waals surface area contributed by atoms with E-state index in [0.29, 0.717) is 33.0 Å². The van der Waals surface area contributed by atoms with Crippen LogP contribution in [0.2, 0.25) is 0 Å². The minimum absolute atomic E-state index is 0.337. The Kier molecular flexibility index (Phi) is 10.7. The molecule has 5 heteroatoms. The zero-order chi connectivity index (χ0) is 10.6. The van der Waals surface area contributed by atoms with Gasteiger partial charge in [-0.25, -0.2) is 0 Å². The smallest absolute Gasteiger partial charge is 0.0897 e. The monoisotopic (exact) mass is 207 g/mol. The number of rotatable bonds is 10. The first-order valence-corrected chi connectivity index (χ1v) is 4.75. The van der Waals surface area contributed by atoms with Crippen molar-refractivity contribution >= 4 is 0 Å². The second-order valence-electron chi connectivity index (χ2n) is 2.92. The fraction of sp³-hybridized carbons (Fsp3) is 1.00. The molecule has 0 aromatic heterocycles. The van der Waals surface area contributed by atoms with Crippen LogP contribution in [0.25, 0.3) is 0 Å². The predicted molar refractivity (Wildman–Crippen MR) is 53.4 cm³/mol. The van der Waals surface area contributed by atoms with E-state index in [2.05, 4.69) is 5.32 Å². The molecule has 0 saturated carbocycles. The van der Waals surface area contributed by atoms with Gasteiger partial charge >= 0.3 is 0 Å². The molecule has 0 saturated heterocycles. The second-order valence-corrected chi connectivity index (χ2v) is 2.92. The Morgan fingerprint density at radius 3 is 2.50 bits per heavy atom. The van der Waals surface area contributed by atoms with E-state index in [1.807, 2.05) is 0 Å². The van der Waals surface area contributed by atoms with E-state index in [0.717, 1.165) is 6.54 Å². The van der Waals surface area contributed by atoms with Crippen molar-refractivity contribution in [3.63, 3.8) is 0 Å². The highest BCUT2D eigenvalue weighted by atomic mass is 16.5. The number of aliphatic hydroxyl groups excluding tert-OH is 1. The van der Waals surface area contributed by atoms with Crippen LogP contribution in [0.4, 0.5) is 0 Å². The molecule has 0 radical (unpaired) electrons. The van der Waals surface area contributed by atoms with Gasteiger partial charge in [-0.3, -0.25) is 0 Å². The van der Waals surface area contributed by atoms with Crippen molar-refractivity contribution in [3.8, 4) is 0 Å². The van der Waals surface area contributed by atoms with Gasteiger partial charge in [-0.2, -0.15) is 0 Å². The van der Waals surface area contributed by atoms with Crippen LogP contribution in [0.15, 0.2) is 0 Å². The third-order valence-corrected chi connectivity index (χ3v) is 1.60. The lowest BCUT2D eigenvalue weighted by Crippen LogP contribution is -2.32. The van der Waals surface area contributed by atoms with Crippen molar-refractivity contribution in [2.45, 2.75) is 6.10 Å². The highest BCUT2D eigenvalue weighted by Crippen LogP contribution is 1.84. The molecule has 0 heterocycles. The number of nitrogens with one attached hydrogen (secondary N) is 1. The van der Waals surface area contributed by atoms with Crippen LogP contribution in [0.3, 0.4) is 0 Å². The molecule has 1 unspecified atom stereocenters. The van der Waals surface area contributed by atoms with Gasteiger partial charge in [-0.1, -0.05) is 0 Å². The summed E-state index contributed by atoms with van der Waals surface area (Å²) >= 11 is 0. The average Bonchev–Trinajstić information content (AvgIpc) is 2.19. The summed E-state index contributed by atoms with van der Waals surface area (Å²) in [5.74, 6) is 0. The molecule has 14 heavy (non-hydrogen) atoms. The quantitative estimate of drug-likeness (QED) is 0.461. The van der Waals surface area contributed by atoms with Crippen LogP contribution in [0.5, 0.6) is 0 Å². The van der Waals surface area contributed by atoms with Gasteiger partial charge < -0.3 is 24.6 Å². The Balaban J connectivity index is 3.07. The third-order valence-electron chi connectivity index (χ3n) is 1.60. The molecule has 0 rings (SSSR count). The van der Waals surface area contributed by atoms with Gasteiger partial charge in [0.05, 0.1) is 32.5 Å². The lowest BCUT2D eigenvalue weighted by molar-refractivity contribution is 0.0134. The maximum atomic E-state index is 9.38. The first kappa shape index (κ1) is 13.8. The van der Waals surface area contributed by atoms with E-state index >= 15 is 0 Å². The second kappa shape index (κ2) is 10.9. The minimum Gasteiger partial charge on any atom is -0.389 e. The zero-order valence-corrected chi connectivity index (χ0v) is 8.99. The minimum atomic E-state index is -0.469. The molecule has 86 valence electrons. The Morgan fingerprint density at radius 1 is 1.14 bits per heavy atom. The molecular formula is C9H21NO4. The first-order chi connectivity index (χ1) is 6.81. The molecule has 0 fully saturated rings. The summed E-state index contributed by atoms with van der Waals surface area (Å²) in [6, 6.07) is 0. The Hall–Kier alpha value is -0.200. The number of methoxy groups -OCH3 is 2. The maximum Gasteiger partial charge on any atom is 0.0897 e. The normalized spacial score (nSPS) is 13.1. The fourth-order valence-corrected chi connectivity index (χ4v) is 0.863. The maximum absolute atomic E-state index is 9.38. The van der Waals surface area contributed by atoms with Crippen molar-refractivity contribution < 1.29 is 19.3 Å². The fourth-order valence-electron chi connectivity index (χ4n) is 0.863. The van der Waals surface area contributed by atoms with Crippen molar-refractivity contribution in [3.05, 3.63) is 0 Å². The molecule has 0 aromatic carbocycles. The largest absolute Gasteiger partial charge is 0.389 e. The molecular weight excluding hydrogens is 186 g/mol. The van der Waals surface area contributed by atoms with Gasteiger partial charge in [0.25, 0.3) is 0 Å². The number of hydrogen-bond donors (Lipinski definition) is 2. The number of ether oxygens (including phenoxy) is 3. The van der Waals surface area contributed by atoms with Gasteiger partial charge in [-0.15, -0.1) is 0 Å². The summed E-state index contributed by atoms with van der Waals surface area (Å²) in [6.07, 6.45) is -0.469. The van der Waals surface area contributed by atoms with Gasteiger partial charge in [-0.05, 0) is 0 Å². The summed E-state index contributed by atoms with van der Waals surface area (Å²) in [7, 11) is 3.26. The van der Waals surface area contributed by atoms with Crippen LogP contribution < -0.4 is 5.32 Å². The van der Waals surface area contributed by atoms with Gasteiger partial charge in [0.2, 0.25) is 0 Å². The van der Waals surface area contributed by atoms with Crippen molar-refractivity contribution in [1.82, 2.24) is 5.32 Å². The topological polar surface area (TPSA) is 60.0 Å². The van der Waals surface area contributed by atoms with Gasteiger partial charge in [0.15, 0.2) is 0 Å². The van der Waals surface area contributed by atoms with E-state index in [1.54, 1.807) is 14.2 Å². The summed E-state index contributed by atoms with van der Waals surface area (Å²) in [4.78, 5) is 0. The van der Waals surface area contributed by atoms with E-state index in [9.17, 15) is 5.11 Å². The Bertz CT molecular complexity index is 101. The zero-order valence-electron chi connectivity index (χ0n) is 8.99. The third kappa shape index (κ3) is 9.88. The van der Waals surface area contributed by atoms with E-state index in [1.165, 1.54) is 0 Å². The van der Waals surface area contributed by atoms with Crippen molar-refractivity contribution in [1.29, 1.82) is 0 Å². The van der Waals surface area contributed by atoms with E-state index in [4.69, 9.17) is 14.2 Å². The molecule has 1 atom stereocenters. The number of hydrogen-bond acceptors (Lipinski definition) is 5. The summed E-state index contributed by atoms with van der Waals surface area (Å²) in [5, 5.41) is 12.4. The van der Waals surface area contributed by atoms with Crippen LogP contribution in [0.1, 0.15) is 0 Å². The van der Waals surface area contributed by atoms with Crippen LogP contribution in [-0.4, -0.2) is 64.9 Å². The van der Waals surface area contributed by atoms with Gasteiger partial charge in [0, 0.05) is 27.3 Å². The standard InChI is InChI=1S/C9H21NO4/c1-12-4-3-10-7-9(11)8-14-6-5-13-2/h9-11H,3-8H2,1-2H3. The van der Waals surface area contributed by atoms with Crippen LogP contribution in [0, 0.1) is 0 Å². The van der Waals surface area contributed by atoms with Gasteiger partial charge in [0.1, 0.15) is 0 Å². The van der Waals surface area contributed by atoms with Crippen molar-refractivity contribution in [2.24, 2.45) is 0 Å². The summed E-state index contributed by atoms with van der Waals surface area (Å²) in [6.45, 7) is 3.33. The molecule has 0 amide bonds. The van der Waals surface area contributed by atoms with Crippen molar-refractivity contribution in [2.75, 3.05) is 53.7 Å². The Labute approximate surface area is 85.3 Å². The SMILES string of the molecule is COCCNCC(O)COCCOC. The predicted octanol–water partition coefficient (Wildman–Crippen LogP) is -0.754. The molecule has 0 aliphatic carbocycles. The summed E-state index contributed by atoms with van der Waals surface area (Å²) < 4.78 is 14.8. The molecule has 5 nitrogen and oxygen atoms in total. The Morgan fingerprint density at radius 2 is 1.86 bits per heavy atom.